The molecule has 0 fully saturated rings. The topological polar surface area (TPSA) is 15.3 Å². The number of rotatable bonds is 2. The van der Waals surface area contributed by atoms with Crippen molar-refractivity contribution in [2.24, 2.45) is 0 Å². The van der Waals surface area contributed by atoms with Crippen LogP contribution in [0.2, 0.25) is 0 Å². The first-order valence-corrected chi connectivity index (χ1v) is 3.41. The van der Waals surface area contributed by atoms with Gasteiger partial charge >= 0.3 is 0 Å². The Kier molecular flexibility index (Phi) is 2.44. The Morgan fingerprint density at radius 3 is 2.55 bits per heavy atom. The molecule has 0 unspecified atom stereocenters. The standard InChI is InChI=1S/C8H11FN2/c1-10-11(2)8-6-4-3-5-7(8)9/h3-6,10H,1-2H3. The molecule has 0 amide bonds. The van der Waals surface area contributed by atoms with Gasteiger partial charge in [-0.05, 0) is 12.1 Å². The van der Waals surface area contributed by atoms with Crippen LogP contribution < -0.4 is 10.4 Å². The van der Waals surface area contributed by atoms with Crippen LogP contribution in [0.1, 0.15) is 0 Å². The zero-order chi connectivity index (χ0) is 8.27. The van der Waals surface area contributed by atoms with Gasteiger partial charge in [0.15, 0.2) is 0 Å². The predicted molar refractivity (Wildman–Crippen MR) is 43.9 cm³/mol. The van der Waals surface area contributed by atoms with Crippen molar-refractivity contribution in [2.45, 2.75) is 0 Å². The summed E-state index contributed by atoms with van der Waals surface area (Å²) in [7, 11) is 3.50. The SMILES string of the molecule is CNN(C)c1ccccc1F. The fourth-order valence-corrected chi connectivity index (χ4v) is 0.844. The van der Waals surface area contributed by atoms with Crippen LogP contribution in [0.4, 0.5) is 10.1 Å². The highest BCUT2D eigenvalue weighted by Crippen LogP contribution is 2.14. The summed E-state index contributed by atoms with van der Waals surface area (Å²) >= 11 is 0. The Morgan fingerprint density at radius 1 is 1.36 bits per heavy atom. The van der Waals surface area contributed by atoms with Crippen molar-refractivity contribution in [1.29, 1.82) is 0 Å². The molecule has 0 atom stereocenters. The number of nitrogens with zero attached hydrogens (tertiary/aromatic N) is 1. The average molecular weight is 154 g/mol. The van der Waals surface area contributed by atoms with Crippen molar-refractivity contribution in [3.63, 3.8) is 0 Å². The average Bonchev–Trinajstić information content (AvgIpc) is 2.04. The van der Waals surface area contributed by atoms with Crippen LogP contribution >= 0.6 is 0 Å². The van der Waals surface area contributed by atoms with Gasteiger partial charge < -0.3 is 5.01 Å². The van der Waals surface area contributed by atoms with Gasteiger partial charge in [-0.25, -0.2) is 9.82 Å². The van der Waals surface area contributed by atoms with Crippen molar-refractivity contribution in [1.82, 2.24) is 5.43 Å². The minimum atomic E-state index is -0.218. The Hall–Kier alpha value is -1.09. The second kappa shape index (κ2) is 3.34. The number of nitrogens with one attached hydrogen (secondary N) is 1. The number of anilines is 1. The van der Waals surface area contributed by atoms with Crippen LogP contribution in [0, 0.1) is 5.82 Å². The lowest BCUT2D eigenvalue weighted by molar-refractivity contribution is 0.615. The summed E-state index contributed by atoms with van der Waals surface area (Å²) in [5.74, 6) is -0.218. The molecule has 0 aliphatic carbocycles. The summed E-state index contributed by atoms with van der Waals surface area (Å²) in [6.07, 6.45) is 0. The maximum atomic E-state index is 12.9. The lowest BCUT2D eigenvalue weighted by Gasteiger charge is -2.17. The molecule has 11 heavy (non-hydrogen) atoms. The number of halogens is 1. The molecule has 1 N–H and O–H groups in total. The van der Waals surface area contributed by atoms with Gasteiger partial charge in [-0.1, -0.05) is 12.1 Å². The van der Waals surface area contributed by atoms with Gasteiger partial charge in [0.2, 0.25) is 0 Å². The fourth-order valence-electron chi connectivity index (χ4n) is 0.844. The van der Waals surface area contributed by atoms with E-state index in [-0.39, 0.29) is 5.82 Å². The largest absolute Gasteiger partial charge is 0.309 e. The van der Waals surface area contributed by atoms with E-state index < -0.39 is 0 Å². The minimum Gasteiger partial charge on any atom is -0.309 e. The summed E-state index contributed by atoms with van der Waals surface area (Å²) in [5, 5.41) is 1.62. The number of benzene rings is 1. The zero-order valence-electron chi connectivity index (χ0n) is 6.63. The van der Waals surface area contributed by atoms with Gasteiger partial charge in [0.05, 0.1) is 5.69 Å². The molecule has 0 heterocycles. The van der Waals surface area contributed by atoms with E-state index >= 15 is 0 Å². The summed E-state index contributed by atoms with van der Waals surface area (Å²) in [6.45, 7) is 0. The number of hydrogen-bond acceptors (Lipinski definition) is 2. The smallest absolute Gasteiger partial charge is 0.147 e. The molecular weight excluding hydrogens is 143 g/mol. The Morgan fingerprint density at radius 2 is 2.00 bits per heavy atom. The van der Waals surface area contributed by atoms with Crippen LogP contribution in [0.15, 0.2) is 24.3 Å². The van der Waals surface area contributed by atoms with Gasteiger partial charge in [0.1, 0.15) is 5.82 Å². The van der Waals surface area contributed by atoms with Gasteiger partial charge in [0, 0.05) is 14.1 Å². The monoisotopic (exact) mass is 154 g/mol. The molecule has 0 radical (unpaired) electrons. The Labute approximate surface area is 65.6 Å². The molecule has 0 aliphatic rings. The van der Waals surface area contributed by atoms with E-state index in [2.05, 4.69) is 5.43 Å². The Bertz CT molecular complexity index is 237. The van der Waals surface area contributed by atoms with Crippen LogP contribution in [-0.2, 0) is 0 Å². The molecule has 1 rings (SSSR count). The van der Waals surface area contributed by atoms with Crippen molar-refractivity contribution in [3.05, 3.63) is 30.1 Å². The molecule has 3 heteroatoms. The summed E-state index contributed by atoms with van der Waals surface area (Å²) < 4.78 is 12.9. The molecule has 0 bridgehead atoms. The van der Waals surface area contributed by atoms with Gasteiger partial charge in [-0.3, -0.25) is 0 Å². The fraction of sp³-hybridized carbons (Fsp3) is 0.250. The van der Waals surface area contributed by atoms with E-state index in [4.69, 9.17) is 0 Å². The summed E-state index contributed by atoms with van der Waals surface area (Å²) in [5.41, 5.74) is 3.37. The molecule has 2 nitrogen and oxygen atoms in total. The van der Waals surface area contributed by atoms with E-state index in [1.165, 1.54) is 6.07 Å². The maximum Gasteiger partial charge on any atom is 0.147 e. The number of hydrazine groups is 1. The van der Waals surface area contributed by atoms with E-state index in [9.17, 15) is 4.39 Å². The first-order valence-electron chi connectivity index (χ1n) is 3.41. The first-order chi connectivity index (χ1) is 5.25. The van der Waals surface area contributed by atoms with E-state index in [0.717, 1.165) is 0 Å². The van der Waals surface area contributed by atoms with Crippen molar-refractivity contribution in [2.75, 3.05) is 19.1 Å². The van der Waals surface area contributed by atoms with Crippen LogP contribution in [0.25, 0.3) is 0 Å². The summed E-state index contributed by atoms with van der Waals surface area (Å²) in [4.78, 5) is 0. The molecule has 1 aromatic carbocycles. The van der Waals surface area contributed by atoms with Crippen molar-refractivity contribution < 1.29 is 4.39 Å². The molecule has 1 aromatic rings. The third-order valence-corrected chi connectivity index (χ3v) is 1.55. The molecule has 0 saturated heterocycles. The van der Waals surface area contributed by atoms with Crippen LogP contribution in [0.5, 0.6) is 0 Å². The maximum absolute atomic E-state index is 12.9. The van der Waals surface area contributed by atoms with Gasteiger partial charge in [0.25, 0.3) is 0 Å². The highest BCUT2D eigenvalue weighted by molar-refractivity contribution is 5.45. The normalized spacial score (nSPS) is 9.73. The highest BCUT2D eigenvalue weighted by Gasteiger charge is 2.02. The molecule has 0 aliphatic heterocycles. The highest BCUT2D eigenvalue weighted by atomic mass is 19.1. The molecule has 60 valence electrons. The van der Waals surface area contributed by atoms with Crippen LogP contribution in [0.3, 0.4) is 0 Å². The van der Waals surface area contributed by atoms with E-state index in [1.807, 2.05) is 0 Å². The molecule has 0 saturated carbocycles. The van der Waals surface area contributed by atoms with E-state index in [1.54, 1.807) is 37.3 Å². The quantitative estimate of drug-likeness (QED) is 0.648. The molecule has 0 aromatic heterocycles. The first kappa shape index (κ1) is 8.01. The third-order valence-electron chi connectivity index (χ3n) is 1.55. The lowest BCUT2D eigenvalue weighted by atomic mass is 10.3. The second-order valence-corrected chi connectivity index (χ2v) is 2.23. The molecule has 0 spiro atoms. The minimum absolute atomic E-state index is 0.218. The third kappa shape index (κ3) is 1.68. The summed E-state index contributed by atoms with van der Waals surface area (Å²) in [6, 6.07) is 6.61. The predicted octanol–water partition coefficient (Wildman–Crippen LogP) is 1.40. The van der Waals surface area contributed by atoms with Gasteiger partial charge in [-0.15, -0.1) is 0 Å². The van der Waals surface area contributed by atoms with Crippen molar-refractivity contribution in [3.8, 4) is 0 Å². The molecular formula is C8H11FN2. The van der Waals surface area contributed by atoms with E-state index in [0.29, 0.717) is 5.69 Å². The Balaban J connectivity index is 2.93. The lowest BCUT2D eigenvalue weighted by Crippen LogP contribution is -2.30. The van der Waals surface area contributed by atoms with Gasteiger partial charge in [-0.2, -0.15) is 0 Å². The number of hydrogen-bond donors (Lipinski definition) is 1. The number of para-hydroxylation sites is 1. The zero-order valence-corrected chi connectivity index (χ0v) is 6.63. The van der Waals surface area contributed by atoms with Crippen molar-refractivity contribution >= 4 is 5.69 Å². The second-order valence-electron chi connectivity index (χ2n) is 2.23. The van der Waals surface area contributed by atoms with Crippen LogP contribution in [-0.4, -0.2) is 14.1 Å².